The number of benzene rings is 1. The first-order chi connectivity index (χ1) is 10.1. The molecular formula is C15H18ClNO4. The monoisotopic (exact) mass is 311 g/mol. The van der Waals surface area contributed by atoms with Gasteiger partial charge in [0.05, 0.1) is 13.2 Å². The summed E-state index contributed by atoms with van der Waals surface area (Å²) in [5.41, 5.74) is 1.14. The molecule has 1 aromatic carbocycles. The summed E-state index contributed by atoms with van der Waals surface area (Å²) >= 11 is 5.82. The van der Waals surface area contributed by atoms with Crippen LogP contribution in [0.1, 0.15) is 18.4 Å². The third-order valence-electron chi connectivity index (χ3n) is 3.46. The molecule has 0 aliphatic carbocycles. The quantitative estimate of drug-likeness (QED) is 0.903. The lowest BCUT2D eigenvalue weighted by Gasteiger charge is -2.30. The minimum atomic E-state index is -1.02. The largest absolute Gasteiger partial charge is 0.479 e. The fourth-order valence-corrected chi connectivity index (χ4v) is 2.40. The number of carboxylic acid groups (broad SMARTS) is 1. The molecule has 0 aromatic heterocycles. The molecule has 1 aliphatic heterocycles. The van der Waals surface area contributed by atoms with Crippen LogP contribution < -0.4 is 0 Å². The van der Waals surface area contributed by atoms with E-state index in [1.807, 2.05) is 24.3 Å². The number of carbonyl (C=O) groups is 2. The van der Waals surface area contributed by atoms with Gasteiger partial charge in [-0.3, -0.25) is 4.79 Å². The highest BCUT2D eigenvalue weighted by molar-refractivity contribution is 6.30. The Morgan fingerprint density at radius 1 is 1.33 bits per heavy atom. The number of hydrogen-bond acceptors (Lipinski definition) is 3. The Hall–Kier alpha value is -1.59. The molecule has 6 heteroatoms. The molecule has 1 aliphatic rings. The molecule has 2 rings (SSSR count). The number of amides is 1. The minimum Gasteiger partial charge on any atom is -0.479 e. The van der Waals surface area contributed by atoms with Gasteiger partial charge in [-0.05, 0) is 30.5 Å². The first-order valence-corrected chi connectivity index (χ1v) is 7.30. The molecule has 1 fully saturated rings. The molecule has 114 valence electrons. The third-order valence-corrected chi connectivity index (χ3v) is 3.72. The van der Waals surface area contributed by atoms with Gasteiger partial charge in [0, 0.05) is 18.0 Å². The van der Waals surface area contributed by atoms with Crippen LogP contribution in [-0.2, 0) is 20.7 Å². The Morgan fingerprint density at radius 3 is 2.71 bits per heavy atom. The van der Waals surface area contributed by atoms with Gasteiger partial charge in [0.25, 0.3) is 0 Å². The van der Waals surface area contributed by atoms with Crippen molar-refractivity contribution in [3.63, 3.8) is 0 Å². The molecule has 1 aromatic rings. The number of morpholine rings is 1. The number of aryl methyl sites for hydroxylation is 1. The van der Waals surface area contributed by atoms with Crippen molar-refractivity contribution in [2.24, 2.45) is 0 Å². The molecule has 21 heavy (non-hydrogen) atoms. The van der Waals surface area contributed by atoms with E-state index in [9.17, 15) is 9.59 Å². The number of nitrogens with zero attached hydrogens (tertiary/aromatic N) is 1. The number of ether oxygens (including phenoxy) is 1. The van der Waals surface area contributed by atoms with Gasteiger partial charge < -0.3 is 14.7 Å². The maximum atomic E-state index is 12.1. The van der Waals surface area contributed by atoms with Crippen molar-refractivity contribution in [1.29, 1.82) is 0 Å². The van der Waals surface area contributed by atoms with Gasteiger partial charge in [0.15, 0.2) is 6.10 Å². The molecule has 5 nitrogen and oxygen atoms in total. The molecule has 1 saturated heterocycles. The summed E-state index contributed by atoms with van der Waals surface area (Å²) in [4.78, 5) is 24.5. The maximum absolute atomic E-state index is 12.1. The van der Waals surface area contributed by atoms with Gasteiger partial charge >= 0.3 is 5.97 Å². The summed E-state index contributed by atoms with van der Waals surface area (Å²) in [7, 11) is 0. The Kier molecular flexibility index (Phi) is 5.59. The van der Waals surface area contributed by atoms with E-state index in [-0.39, 0.29) is 19.1 Å². The Balaban J connectivity index is 1.76. The molecule has 1 amide bonds. The van der Waals surface area contributed by atoms with Crippen LogP contribution in [-0.4, -0.2) is 47.7 Å². The first kappa shape index (κ1) is 15.8. The average molecular weight is 312 g/mol. The normalized spacial score (nSPS) is 18.5. The van der Waals surface area contributed by atoms with Crippen LogP contribution >= 0.6 is 11.6 Å². The zero-order valence-corrected chi connectivity index (χ0v) is 12.4. The summed E-state index contributed by atoms with van der Waals surface area (Å²) in [6.07, 6.45) is 1.04. The summed E-state index contributed by atoms with van der Waals surface area (Å²) in [6, 6.07) is 7.56. The van der Waals surface area contributed by atoms with Crippen molar-refractivity contribution in [2.45, 2.75) is 25.4 Å². The second kappa shape index (κ2) is 7.43. The summed E-state index contributed by atoms with van der Waals surface area (Å²) in [5, 5.41) is 9.61. The molecule has 0 bridgehead atoms. The van der Waals surface area contributed by atoms with E-state index in [1.165, 1.54) is 0 Å². The molecule has 0 saturated carbocycles. The van der Waals surface area contributed by atoms with Crippen molar-refractivity contribution in [3.8, 4) is 0 Å². The SMILES string of the molecule is O=C(O)C1CN(C(=O)CCCc2ccc(Cl)cc2)CCO1. The van der Waals surface area contributed by atoms with Crippen LogP contribution in [0.2, 0.25) is 5.02 Å². The average Bonchev–Trinajstić information content (AvgIpc) is 2.49. The number of rotatable bonds is 5. The molecule has 1 unspecified atom stereocenters. The maximum Gasteiger partial charge on any atom is 0.334 e. The summed E-state index contributed by atoms with van der Waals surface area (Å²) in [5.74, 6) is -1.04. The van der Waals surface area contributed by atoms with Crippen molar-refractivity contribution in [2.75, 3.05) is 19.7 Å². The molecular weight excluding hydrogens is 294 g/mol. The van der Waals surface area contributed by atoms with Crippen molar-refractivity contribution < 1.29 is 19.4 Å². The topological polar surface area (TPSA) is 66.8 Å². The second-order valence-corrected chi connectivity index (χ2v) is 5.45. The van der Waals surface area contributed by atoms with Crippen LogP contribution in [0.3, 0.4) is 0 Å². The van der Waals surface area contributed by atoms with E-state index in [4.69, 9.17) is 21.4 Å². The highest BCUT2D eigenvalue weighted by atomic mass is 35.5. The second-order valence-electron chi connectivity index (χ2n) is 5.02. The zero-order chi connectivity index (χ0) is 15.2. The zero-order valence-electron chi connectivity index (χ0n) is 11.6. The van der Waals surface area contributed by atoms with Gasteiger partial charge in [-0.25, -0.2) is 4.79 Å². The van der Waals surface area contributed by atoms with E-state index in [1.54, 1.807) is 4.90 Å². The van der Waals surface area contributed by atoms with Crippen molar-refractivity contribution >= 4 is 23.5 Å². The van der Waals surface area contributed by atoms with E-state index in [0.717, 1.165) is 18.4 Å². The standard InChI is InChI=1S/C15H18ClNO4/c16-12-6-4-11(5-7-12)2-1-3-14(18)17-8-9-21-13(10-17)15(19)20/h4-7,13H,1-3,8-10H2,(H,19,20). The molecule has 1 atom stereocenters. The molecule has 0 radical (unpaired) electrons. The lowest BCUT2D eigenvalue weighted by molar-refractivity contribution is -0.159. The van der Waals surface area contributed by atoms with Crippen LogP contribution in [0.4, 0.5) is 0 Å². The lowest BCUT2D eigenvalue weighted by Crippen LogP contribution is -2.48. The van der Waals surface area contributed by atoms with E-state index >= 15 is 0 Å². The van der Waals surface area contributed by atoms with Gasteiger partial charge in [0.2, 0.25) is 5.91 Å². The summed E-state index contributed by atoms with van der Waals surface area (Å²) < 4.78 is 5.10. The molecule has 1 N–H and O–H groups in total. The first-order valence-electron chi connectivity index (χ1n) is 6.93. The van der Waals surface area contributed by atoms with Crippen LogP contribution in [0, 0.1) is 0 Å². The van der Waals surface area contributed by atoms with Gasteiger partial charge in [-0.15, -0.1) is 0 Å². The van der Waals surface area contributed by atoms with Gasteiger partial charge in [-0.1, -0.05) is 23.7 Å². The highest BCUT2D eigenvalue weighted by Gasteiger charge is 2.28. The third kappa shape index (κ3) is 4.72. The fraction of sp³-hybridized carbons (Fsp3) is 0.467. The number of carboxylic acids is 1. The predicted octanol–water partition coefficient (Wildman–Crippen LogP) is 1.97. The Bertz CT molecular complexity index is 503. The highest BCUT2D eigenvalue weighted by Crippen LogP contribution is 2.13. The molecule has 1 heterocycles. The summed E-state index contributed by atoms with van der Waals surface area (Å²) in [6.45, 7) is 0.874. The predicted molar refractivity (Wildman–Crippen MR) is 78.3 cm³/mol. The number of halogens is 1. The smallest absolute Gasteiger partial charge is 0.334 e. The lowest BCUT2D eigenvalue weighted by atomic mass is 10.1. The van der Waals surface area contributed by atoms with Gasteiger partial charge in [-0.2, -0.15) is 0 Å². The Labute approximate surface area is 128 Å². The van der Waals surface area contributed by atoms with Crippen LogP contribution in [0.25, 0.3) is 0 Å². The minimum absolute atomic E-state index is 0.0153. The van der Waals surface area contributed by atoms with Gasteiger partial charge in [0.1, 0.15) is 0 Å². The molecule has 0 spiro atoms. The van der Waals surface area contributed by atoms with E-state index in [0.29, 0.717) is 18.0 Å². The Morgan fingerprint density at radius 2 is 2.05 bits per heavy atom. The fourth-order valence-electron chi connectivity index (χ4n) is 2.28. The number of carbonyl (C=O) groups excluding carboxylic acids is 1. The number of hydrogen-bond donors (Lipinski definition) is 1. The van der Waals surface area contributed by atoms with E-state index < -0.39 is 12.1 Å². The van der Waals surface area contributed by atoms with E-state index in [2.05, 4.69) is 0 Å². The van der Waals surface area contributed by atoms with Crippen molar-refractivity contribution in [3.05, 3.63) is 34.9 Å². The van der Waals surface area contributed by atoms with Crippen molar-refractivity contribution in [1.82, 2.24) is 4.90 Å². The van der Waals surface area contributed by atoms with Crippen LogP contribution in [0.5, 0.6) is 0 Å². The number of aliphatic carboxylic acids is 1. The van der Waals surface area contributed by atoms with Crippen LogP contribution in [0.15, 0.2) is 24.3 Å².